The van der Waals surface area contributed by atoms with Gasteiger partial charge < -0.3 is 9.52 Å². The number of oxazole rings is 1. The second-order valence-corrected chi connectivity index (χ2v) is 8.00. The Hall–Kier alpha value is -4.35. The molecule has 0 aliphatic carbocycles. The van der Waals surface area contributed by atoms with E-state index < -0.39 is 0 Å². The van der Waals surface area contributed by atoms with Gasteiger partial charge in [0.2, 0.25) is 11.8 Å². The number of nitrogens with zero attached hydrogens (tertiary/aromatic N) is 1. The Labute approximate surface area is 201 Å². The summed E-state index contributed by atoms with van der Waals surface area (Å²) in [6, 6.07) is 31.0. The predicted octanol–water partition coefficient (Wildman–Crippen LogP) is 7.29. The predicted molar refractivity (Wildman–Crippen MR) is 134 cm³/mol. The third-order valence-corrected chi connectivity index (χ3v) is 5.68. The number of aromatic nitrogens is 1. The first-order valence-corrected chi connectivity index (χ1v) is 11.0. The highest BCUT2D eigenvalue weighted by molar-refractivity contribution is 6.33. The number of carbonyl (C=O) groups excluding carboxylic acids is 1. The molecule has 6 heteroatoms. The number of aromatic hydroxyl groups is 1. The van der Waals surface area contributed by atoms with Crippen molar-refractivity contribution in [2.75, 3.05) is 5.32 Å². The summed E-state index contributed by atoms with van der Waals surface area (Å²) in [5.41, 5.74) is 3.68. The SMILES string of the molecule is O=C(Nc1oc(-c2ccc(-c3ccccc3)cc2O)nc1-c1ccccc1Cl)c1ccccc1. The molecule has 0 bridgehead atoms. The molecule has 5 aromatic rings. The Balaban J connectivity index is 1.57. The lowest BCUT2D eigenvalue weighted by Crippen LogP contribution is -2.11. The molecule has 0 fully saturated rings. The van der Waals surface area contributed by atoms with E-state index in [9.17, 15) is 9.90 Å². The Morgan fingerprint density at radius 1 is 0.794 bits per heavy atom. The van der Waals surface area contributed by atoms with E-state index in [1.54, 1.807) is 48.5 Å². The molecule has 0 saturated heterocycles. The number of carbonyl (C=O) groups is 1. The minimum atomic E-state index is -0.347. The van der Waals surface area contributed by atoms with Crippen molar-refractivity contribution in [1.82, 2.24) is 4.98 Å². The first-order chi connectivity index (χ1) is 16.6. The standard InChI is InChI=1S/C28H19ClN2O3/c29-23-14-8-7-13-21(23)25-28(31-26(33)19-11-5-2-6-12-19)34-27(30-25)22-16-15-20(17-24(22)32)18-9-3-1-4-10-18/h1-17,32H,(H,31,33). The Morgan fingerprint density at radius 3 is 2.18 bits per heavy atom. The Kier molecular flexibility index (Phi) is 5.85. The van der Waals surface area contributed by atoms with E-state index in [0.717, 1.165) is 11.1 Å². The third-order valence-electron chi connectivity index (χ3n) is 5.35. The van der Waals surface area contributed by atoms with Gasteiger partial charge in [-0.15, -0.1) is 0 Å². The van der Waals surface area contributed by atoms with E-state index in [-0.39, 0.29) is 23.4 Å². The van der Waals surface area contributed by atoms with E-state index in [1.807, 2.05) is 54.6 Å². The first kappa shape index (κ1) is 21.5. The molecule has 2 N–H and O–H groups in total. The van der Waals surface area contributed by atoms with E-state index in [0.29, 0.717) is 27.4 Å². The van der Waals surface area contributed by atoms with E-state index >= 15 is 0 Å². The summed E-state index contributed by atoms with van der Waals surface area (Å²) < 4.78 is 5.97. The van der Waals surface area contributed by atoms with Crippen LogP contribution in [-0.2, 0) is 0 Å². The van der Waals surface area contributed by atoms with Gasteiger partial charge in [0.1, 0.15) is 11.4 Å². The van der Waals surface area contributed by atoms with Crippen LogP contribution in [0.25, 0.3) is 33.8 Å². The van der Waals surface area contributed by atoms with Crippen molar-refractivity contribution in [3.05, 3.63) is 114 Å². The van der Waals surface area contributed by atoms with Crippen LogP contribution in [-0.4, -0.2) is 16.0 Å². The number of phenols is 1. The molecule has 5 nitrogen and oxygen atoms in total. The maximum absolute atomic E-state index is 12.8. The molecular formula is C28H19ClN2O3. The van der Waals surface area contributed by atoms with Crippen LogP contribution < -0.4 is 5.32 Å². The van der Waals surface area contributed by atoms with Gasteiger partial charge in [-0.3, -0.25) is 10.1 Å². The molecule has 0 radical (unpaired) electrons. The Morgan fingerprint density at radius 2 is 1.47 bits per heavy atom. The topological polar surface area (TPSA) is 75.4 Å². The fourth-order valence-electron chi connectivity index (χ4n) is 3.64. The molecule has 5 rings (SSSR count). The molecule has 0 unspecified atom stereocenters. The highest BCUT2D eigenvalue weighted by Gasteiger charge is 2.22. The van der Waals surface area contributed by atoms with Gasteiger partial charge in [0.25, 0.3) is 5.91 Å². The van der Waals surface area contributed by atoms with Crippen LogP contribution in [0.2, 0.25) is 5.02 Å². The average Bonchev–Trinajstić information content (AvgIpc) is 3.28. The number of amides is 1. The number of rotatable bonds is 5. The minimum Gasteiger partial charge on any atom is -0.507 e. The molecule has 34 heavy (non-hydrogen) atoms. The van der Waals surface area contributed by atoms with Crippen LogP contribution in [0.3, 0.4) is 0 Å². The van der Waals surface area contributed by atoms with Crippen LogP contribution in [0.4, 0.5) is 5.88 Å². The monoisotopic (exact) mass is 466 g/mol. The van der Waals surface area contributed by atoms with Crippen molar-refractivity contribution >= 4 is 23.4 Å². The van der Waals surface area contributed by atoms with E-state index in [4.69, 9.17) is 16.0 Å². The fourth-order valence-corrected chi connectivity index (χ4v) is 3.87. The highest BCUT2D eigenvalue weighted by Crippen LogP contribution is 2.39. The summed E-state index contributed by atoms with van der Waals surface area (Å²) in [4.78, 5) is 17.4. The Bertz CT molecular complexity index is 1460. The van der Waals surface area contributed by atoms with Crippen molar-refractivity contribution in [3.63, 3.8) is 0 Å². The summed E-state index contributed by atoms with van der Waals surface area (Å²) in [6.45, 7) is 0. The molecule has 166 valence electrons. The van der Waals surface area contributed by atoms with E-state index in [1.165, 1.54) is 0 Å². The van der Waals surface area contributed by atoms with Crippen LogP contribution in [0.5, 0.6) is 5.75 Å². The lowest BCUT2D eigenvalue weighted by Gasteiger charge is -2.06. The number of benzene rings is 4. The number of phenolic OH excluding ortho intramolecular Hbond substituents is 1. The summed E-state index contributed by atoms with van der Waals surface area (Å²) in [5, 5.41) is 14.0. The lowest BCUT2D eigenvalue weighted by molar-refractivity contribution is 0.102. The van der Waals surface area contributed by atoms with Gasteiger partial charge in [0, 0.05) is 11.1 Å². The fraction of sp³-hybridized carbons (Fsp3) is 0. The van der Waals surface area contributed by atoms with Crippen molar-refractivity contribution in [3.8, 4) is 39.6 Å². The number of anilines is 1. The molecule has 4 aromatic carbocycles. The van der Waals surface area contributed by atoms with Gasteiger partial charge in [0.15, 0.2) is 0 Å². The van der Waals surface area contributed by atoms with Crippen molar-refractivity contribution < 1.29 is 14.3 Å². The maximum Gasteiger partial charge on any atom is 0.258 e. The van der Waals surface area contributed by atoms with Gasteiger partial charge in [-0.05, 0) is 41.5 Å². The van der Waals surface area contributed by atoms with Gasteiger partial charge >= 0.3 is 0 Å². The zero-order valence-electron chi connectivity index (χ0n) is 17.9. The quantitative estimate of drug-likeness (QED) is 0.285. The van der Waals surface area contributed by atoms with Crippen molar-refractivity contribution in [2.45, 2.75) is 0 Å². The smallest absolute Gasteiger partial charge is 0.258 e. The second-order valence-electron chi connectivity index (χ2n) is 7.59. The number of nitrogens with one attached hydrogen (secondary N) is 1. The maximum atomic E-state index is 12.8. The largest absolute Gasteiger partial charge is 0.507 e. The summed E-state index contributed by atoms with van der Waals surface area (Å²) >= 11 is 6.42. The normalized spacial score (nSPS) is 10.7. The van der Waals surface area contributed by atoms with Gasteiger partial charge in [0.05, 0.1) is 10.6 Å². The van der Waals surface area contributed by atoms with Gasteiger partial charge in [-0.2, -0.15) is 0 Å². The van der Waals surface area contributed by atoms with Crippen molar-refractivity contribution in [2.24, 2.45) is 0 Å². The zero-order valence-corrected chi connectivity index (χ0v) is 18.7. The summed E-state index contributed by atoms with van der Waals surface area (Å²) in [7, 11) is 0. The number of hydrogen-bond acceptors (Lipinski definition) is 4. The molecule has 0 saturated carbocycles. The first-order valence-electron chi connectivity index (χ1n) is 10.6. The van der Waals surface area contributed by atoms with Crippen molar-refractivity contribution in [1.29, 1.82) is 0 Å². The molecule has 0 atom stereocenters. The van der Waals surface area contributed by atoms with Crippen LogP contribution in [0, 0.1) is 0 Å². The molecule has 1 aromatic heterocycles. The highest BCUT2D eigenvalue weighted by atomic mass is 35.5. The average molecular weight is 467 g/mol. The van der Waals surface area contributed by atoms with Crippen LogP contribution >= 0.6 is 11.6 Å². The minimum absolute atomic E-state index is 0.00856. The molecular weight excluding hydrogens is 448 g/mol. The zero-order chi connectivity index (χ0) is 23.5. The summed E-state index contributed by atoms with van der Waals surface area (Å²) in [5.74, 6) is -0.0339. The molecule has 0 aliphatic heterocycles. The van der Waals surface area contributed by atoms with Gasteiger partial charge in [-0.25, -0.2) is 4.98 Å². The van der Waals surface area contributed by atoms with Crippen LogP contribution in [0.15, 0.2) is 108 Å². The number of hydrogen-bond donors (Lipinski definition) is 2. The summed E-state index contributed by atoms with van der Waals surface area (Å²) in [6.07, 6.45) is 0. The number of halogens is 1. The van der Waals surface area contributed by atoms with Crippen LogP contribution in [0.1, 0.15) is 10.4 Å². The lowest BCUT2D eigenvalue weighted by atomic mass is 10.0. The molecule has 1 amide bonds. The van der Waals surface area contributed by atoms with E-state index in [2.05, 4.69) is 10.3 Å². The van der Waals surface area contributed by atoms with Gasteiger partial charge in [-0.1, -0.05) is 84.4 Å². The molecule has 0 aliphatic rings. The molecule has 0 spiro atoms. The second kappa shape index (κ2) is 9.25. The molecule has 1 heterocycles. The third kappa shape index (κ3) is 4.29.